The summed E-state index contributed by atoms with van der Waals surface area (Å²) in [5.41, 5.74) is 0.588. The highest BCUT2D eigenvalue weighted by molar-refractivity contribution is 6.30. The standard InChI is InChI=1S/C9H14ClN3O/c1-3-4-13(2)9-7(5-14)8(10)11-6-12-9/h6,14H,3-5H2,1-2H3. The van der Waals surface area contributed by atoms with E-state index >= 15 is 0 Å². The van der Waals surface area contributed by atoms with Crippen molar-refractivity contribution in [3.8, 4) is 0 Å². The summed E-state index contributed by atoms with van der Waals surface area (Å²) in [7, 11) is 1.92. The second kappa shape index (κ2) is 5.12. The van der Waals surface area contributed by atoms with Crippen LogP contribution in [-0.4, -0.2) is 28.7 Å². The molecule has 0 radical (unpaired) electrons. The molecule has 0 spiro atoms. The molecule has 0 aliphatic carbocycles. The Hall–Kier alpha value is -0.870. The first-order valence-corrected chi connectivity index (χ1v) is 4.89. The second-order valence-electron chi connectivity index (χ2n) is 3.05. The number of aliphatic hydroxyl groups excluding tert-OH is 1. The van der Waals surface area contributed by atoms with E-state index in [4.69, 9.17) is 16.7 Å². The topological polar surface area (TPSA) is 49.2 Å². The summed E-state index contributed by atoms with van der Waals surface area (Å²) in [6.45, 7) is 2.82. The molecule has 0 saturated heterocycles. The van der Waals surface area contributed by atoms with Gasteiger partial charge in [0.2, 0.25) is 0 Å². The van der Waals surface area contributed by atoms with E-state index in [1.807, 2.05) is 11.9 Å². The molecule has 0 aliphatic heterocycles. The van der Waals surface area contributed by atoms with E-state index in [0.717, 1.165) is 13.0 Å². The number of rotatable bonds is 4. The van der Waals surface area contributed by atoms with Crippen molar-refractivity contribution in [2.45, 2.75) is 20.0 Å². The van der Waals surface area contributed by atoms with Crippen LogP contribution in [0.3, 0.4) is 0 Å². The first kappa shape index (κ1) is 11.2. The van der Waals surface area contributed by atoms with Crippen LogP contribution in [0.4, 0.5) is 5.82 Å². The summed E-state index contributed by atoms with van der Waals surface area (Å²) in [4.78, 5) is 9.88. The molecule has 1 aromatic rings. The maximum Gasteiger partial charge on any atom is 0.140 e. The predicted molar refractivity (Wildman–Crippen MR) is 56.5 cm³/mol. The molecule has 78 valence electrons. The maximum absolute atomic E-state index is 9.13. The van der Waals surface area contributed by atoms with Gasteiger partial charge in [0.05, 0.1) is 12.2 Å². The molecule has 1 N–H and O–H groups in total. The molecule has 0 unspecified atom stereocenters. The number of anilines is 1. The van der Waals surface area contributed by atoms with Crippen LogP contribution in [0.15, 0.2) is 6.33 Å². The van der Waals surface area contributed by atoms with Gasteiger partial charge in [-0.15, -0.1) is 0 Å². The van der Waals surface area contributed by atoms with E-state index in [1.165, 1.54) is 6.33 Å². The number of halogens is 1. The molecule has 1 rings (SSSR count). The van der Waals surface area contributed by atoms with Crippen molar-refractivity contribution in [3.05, 3.63) is 17.0 Å². The molecule has 0 saturated carbocycles. The molecule has 0 bridgehead atoms. The number of nitrogens with zero attached hydrogens (tertiary/aromatic N) is 3. The smallest absolute Gasteiger partial charge is 0.140 e. The Morgan fingerprint density at radius 2 is 2.21 bits per heavy atom. The van der Waals surface area contributed by atoms with Crippen molar-refractivity contribution in [1.29, 1.82) is 0 Å². The molecule has 1 aromatic heterocycles. The Balaban J connectivity index is 3.00. The summed E-state index contributed by atoms with van der Waals surface area (Å²) in [6.07, 6.45) is 2.42. The Morgan fingerprint density at radius 1 is 1.50 bits per heavy atom. The molecule has 14 heavy (non-hydrogen) atoms. The normalized spacial score (nSPS) is 10.3. The summed E-state index contributed by atoms with van der Waals surface area (Å²) < 4.78 is 0. The quantitative estimate of drug-likeness (QED) is 0.773. The maximum atomic E-state index is 9.13. The molecular weight excluding hydrogens is 202 g/mol. The minimum Gasteiger partial charge on any atom is -0.391 e. The van der Waals surface area contributed by atoms with Gasteiger partial charge in [0.25, 0.3) is 0 Å². The minimum atomic E-state index is -0.136. The van der Waals surface area contributed by atoms with Gasteiger partial charge in [-0.1, -0.05) is 18.5 Å². The zero-order valence-corrected chi connectivity index (χ0v) is 9.12. The van der Waals surface area contributed by atoms with E-state index in [2.05, 4.69) is 16.9 Å². The van der Waals surface area contributed by atoms with Crippen molar-refractivity contribution in [1.82, 2.24) is 9.97 Å². The van der Waals surface area contributed by atoms with Gasteiger partial charge >= 0.3 is 0 Å². The largest absolute Gasteiger partial charge is 0.391 e. The van der Waals surface area contributed by atoms with Gasteiger partial charge in [-0.3, -0.25) is 0 Å². The lowest BCUT2D eigenvalue weighted by atomic mass is 10.3. The van der Waals surface area contributed by atoms with E-state index in [-0.39, 0.29) is 6.61 Å². The molecule has 0 aromatic carbocycles. The Morgan fingerprint density at radius 3 is 2.79 bits per heavy atom. The third-order valence-electron chi connectivity index (χ3n) is 1.95. The van der Waals surface area contributed by atoms with E-state index in [9.17, 15) is 0 Å². The van der Waals surface area contributed by atoms with Crippen LogP contribution in [0.5, 0.6) is 0 Å². The Labute approximate surface area is 88.6 Å². The summed E-state index contributed by atoms with van der Waals surface area (Å²) in [5.74, 6) is 0.703. The Bertz CT molecular complexity index is 306. The van der Waals surface area contributed by atoms with Crippen LogP contribution in [0.1, 0.15) is 18.9 Å². The van der Waals surface area contributed by atoms with Crippen LogP contribution in [0.25, 0.3) is 0 Å². The van der Waals surface area contributed by atoms with Crippen molar-refractivity contribution in [3.63, 3.8) is 0 Å². The van der Waals surface area contributed by atoms with Crippen LogP contribution in [0.2, 0.25) is 5.15 Å². The van der Waals surface area contributed by atoms with Crippen molar-refractivity contribution < 1.29 is 5.11 Å². The van der Waals surface area contributed by atoms with E-state index < -0.39 is 0 Å². The average molecular weight is 216 g/mol. The van der Waals surface area contributed by atoms with Gasteiger partial charge < -0.3 is 10.0 Å². The first-order chi connectivity index (χ1) is 6.70. The Kier molecular flexibility index (Phi) is 4.10. The summed E-state index contributed by atoms with van der Waals surface area (Å²) in [6, 6.07) is 0. The molecule has 0 aliphatic rings. The number of aliphatic hydroxyl groups is 1. The SMILES string of the molecule is CCCN(C)c1ncnc(Cl)c1CO. The number of aromatic nitrogens is 2. The van der Waals surface area contributed by atoms with E-state index in [1.54, 1.807) is 0 Å². The molecule has 5 heteroatoms. The highest BCUT2D eigenvalue weighted by Gasteiger charge is 2.11. The number of hydrogen-bond donors (Lipinski definition) is 1. The first-order valence-electron chi connectivity index (χ1n) is 4.52. The molecular formula is C9H14ClN3O. The van der Waals surface area contributed by atoms with Gasteiger partial charge in [-0.2, -0.15) is 0 Å². The van der Waals surface area contributed by atoms with Gasteiger partial charge in [-0.25, -0.2) is 9.97 Å². The van der Waals surface area contributed by atoms with Crippen LogP contribution >= 0.6 is 11.6 Å². The van der Waals surface area contributed by atoms with Gasteiger partial charge in [0.15, 0.2) is 0 Å². The molecule has 4 nitrogen and oxygen atoms in total. The lowest BCUT2D eigenvalue weighted by Crippen LogP contribution is -2.21. The highest BCUT2D eigenvalue weighted by Crippen LogP contribution is 2.22. The van der Waals surface area contributed by atoms with Crippen molar-refractivity contribution >= 4 is 17.4 Å². The average Bonchev–Trinajstić information content (AvgIpc) is 2.17. The van der Waals surface area contributed by atoms with E-state index in [0.29, 0.717) is 16.5 Å². The van der Waals surface area contributed by atoms with Crippen LogP contribution in [-0.2, 0) is 6.61 Å². The van der Waals surface area contributed by atoms with Crippen LogP contribution < -0.4 is 4.90 Å². The zero-order valence-electron chi connectivity index (χ0n) is 8.37. The molecule has 0 amide bonds. The van der Waals surface area contributed by atoms with Gasteiger partial charge in [-0.05, 0) is 6.42 Å². The third-order valence-corrected chi connectivity index (χ3v) is 2.27. The molecule has 1 heterocycles. The van der Waals surface area contributed by atoms with Gasteiger partial charge in [0.1, 0.15) is 17.3 Å². The van der Waals surface area contributed by atoms with Crippen molar-refractivity contribution in [2.24, 2.45) is 0 Å². The third kappa shape index (κ3) is 2.33. The number of hydrogen-bond acceptors (Lipinski definition) is 4. The fraction of sp³-hybridized carbons (Fsp3) is 0.556. The monoisotopic (exact) mass is 215 g/mol. The summed E-state index contributed by atoms with van der Waals surface area (Å²) >= 11 is 5.84. The minimum absolute atomic E-state index is 0.136. The predicted octanol–water partition coefficient (Wildman–Crippen LogP) is 1.47. The lowest BCUT2D eigenvalue weighted by Gasteiger charge is -2.19. The summed E-state index contributed by atoms with van der Waals surface area (Å²) in [5, 5.41) is 9.45. The second-order valence-corrected chi connectivity index (χ2v) is 3.40. The molecule has 0 fully saturated rings. The molecule has 0 atom stereocenters. The highest BCUT2D eigenvalue weighted by atomic mass is 35.5. The van der Waals surface area contributed by atoms with Gasteiger partial charge in [0, 0.05) is 13.6 Å². The zero-order chi connectivity index (χ0) is 10.6. The van der Waals surface area contributed by atoms with Crippen molar-refractivity contribution in [2.75, 3.05) is 18.5 Å². The fourth-order valence-corrected chi connectivity index (χ4v) is 1.48. The van der Waals surface area contributed by atoms with Crippen LogP contribution in [0, 0.1) is 0 Å². The lowest BCUT2D eigenvalue weighted by molar-refractivity contribution is 0.281. The fourth-order valence-electron chi connectivity index (χ4n) is 1.29.